The summed E-state index contributed by atoms with van der Waals surface area (Å²) in [5.41, 5.74) is 0. The summed E-state index contributed by atoms with van der Waals surface area (Å²) in [6.45, 7) is 0. The molecule has 2 aliphatic carbocycles. The Kier molecular flexibility index (Phi) is 5.96. The number of halogens is 3. The predicted octanol–water partition coefficient (Wildman–Crippen LogP) is 5.24. The van der Waals surface area contributed by atoms with Crippen molar-refractivity contribution in [1.29, 1.82) is 0 Å². The standard InChI is InChI=1S/C20H21ClF2O4S/c21-14-1-4-16(5-2-14)28(26,27)20(17-12-15(22)3-6-18(17)23)9-7-13(8-10-20)11-19(24)25/h1-6,13,17H,7-12H2,(H,24,25)/t13-,17?,20+. The predicted molar refractivity (Wildman–Crippen MR) is 102 cm³/mol. The highest BCUT2D eigenvalue weighted by molar-refractivity contribution is 7.92. The van der Waals surface area contributed by atoms with Crippen molar-refractivity contribution in [2.75, 3.05) is 0 Å². The Balaban J connectivity index is 2.03. The number of hydrogen-bond acceptors (Lipinski definition) is 3. The smallest absolute Gasteiger partial charge is 0.303 e. The summed E-state index contributed by atoms with van der Waals surface area (Å²) in [4.78, 5) is 11.0. The molecule has 0 amide bonds. The van der Waals surface area contributed by atoms with Crippen LogP contribution in [-0.2, 0) is 14.6 Å². The molecule has 0 heterocycles. The van der Waals surface area contributed by atoms with Gasteiger partial charge in [0.15, 0.2) is 9.84 Å². The minimum absolute atomic E-state index is 0.0105. The van der Waals surface area contributed by atoms with Crippen molar-refractivity contribution in [1.82, 2.24) is 0 Å². The highest BCUT2D eigenvalue weighted by Crippen LogP contribution is 2.51. The van der Waals surface area contributed by atoms with Crippen LogP contribution in [0.2, 0.25) is 5.02 Å². The summed E-state index contributed by atoms with van der Waals surface area (Å²) in [6.07, 6.45) is 2.44. The van der Waals surface area contributed by atoms with Gasteiger partial charge in [-0.2, -0.15) is 0 Å². The molecule has 1 unspecified atom stereocenters. The number of sulfone groups is 1. The van der Waals surface area contributed by atoms with Crippen LogP contribution in [0.15, 0.2) is 53.0 Å². The van der Waals surface area contributed by atoms with E-state index in [4.69, 9.17) is 16.7 Å². The third-order valence-corrected chi connectivity index (χ3v) is 8.77. The first-order chi connectivity index (χ1) is 13.2. The summed E-state index contributed by atoms with van der Waals surface area (Å²) in [5.74, 6) is -3.48. The van der Waals surface area contributed by atoms with Crippen LogP contribution < -0.4 is 0 Å². The molecule has 28 heavy (non-hydrogen) atoms. The van der Waals surface area contributed by atoms with Gasteiger partial charge in [-0.15, -0.1) is 0 Å². The van der Waals surface area contributed by atoms with Crippen LogP contribution in [-0.4, -0.2) is 24.2 Å². The van der Waals surface area contributed by atoms with E-state index in [2.05, 4.69) is 0 Å². The fourth-order valence-electron chi connectivity index (χ4n) is 4.35. The van der Waals surface area contributed by atoms with E-state index in [0.29, 0.717) is 17.9 Å². The van der Waals surface area contributed by atoms with Crippen molar-refractivity contribution in [2.45, 2.75) is 48.2 Å². The van der Waals surface area contributed by atoms with E-state index in [0.717, 1.165) is 12.2 Å². The van der Waals surface area contributed by atoms with Gasteiger partial charge in [-0.25, -0.2) is 17.2 Å². The van der Waals surface area contributed by atoms with Crippen molar-refractivity contribution in [3.05, 3.63) is 53.1 Å². The summed E-state index contributed by atoms with van der Waals surface area (Å²) < 4.78 is 54.4. The number of rotatable bonds is 5. The van der Waals surface area contributed by atoms with Crippen molar-refractivity contribution in [3.8, 4) is 0 Å². The number of carboxylic acids is 1. The maximum absolute atomic E-state index is 14.7. The second kappa shape index (κ2) is 7.95. The highest BCUT2D eigenvalue weighted by Gasteiger charge is 2.54. The molecule has 1 fully saturated rings. The molecule has 8 heteroatoms. The zero-order valence-electron chi connectivity index (χ0n) is 15.1. The van der Waals surface area contributed by atoms with Crippen LogP contribution in [0.3, 0.4) is 0 Å². The molecule has 0 radical (unpaired) electrons. The maximum Gasteiger partial charge on any atom is 0.303 e. The molecule has 0 aliphatic heterocycles. The average Bonchev–Trinajstić information content (AvgIpc) is 2.64. The lowest BCUT2D eigenvalue weighted by molar-refractivity contribution is -0.138. The summed E-state index contributed by atoms with van der Waals surface area (Å²) >= 11 is 5.86. The molecule has 0 bridgehead atoms. The van der Waals surface area contributed by atoms with Crippen molar-refractivity contribution >= 4 is 27.4 Å². The first kappa shape index (κ1) is 21.0. The molecule has 1 aromatic carbocycles. The lowest BCUT2D eigenvalue weighted by Gasteiger charge is -2.44. The zero-order chi connectivity index (χ0) is 20.5. The second-order valence-electron chi connectivity index (χ2n) is 7.49. The normalized spacial score (nSPS) is 28.4. The van der Waals surface area contributed by atoms with Gasteiger partial charge in [-0.1, -0.05) is 11.6 Å². The zero-order valence-corrected chi connectivity index (χ0v) is 16.6. The van der Waals surface area contributed by atoms with Gasteiger partial charge < -0.3 is 5.11 Å². The number of carbonyl (C=O) groups is 1. The average molecular weight is 431 g/mol. The Morgan fingerprint density at radius 3 is 2.32 bits per heavy atom. The Hall–Kier alpha value is -1.73. The first-order valence-corrected chi connectivity index (χ1v) is 11.0. The SMILES string of the molecule is O=C(O)C[C@H]1CC[C@@](C2CC(F)=CC=C2F)(S(=O)(=O)c2ccc(Cl)cc2)CC1. The molecule has 0 aromatic heterocycles. The molecule has 1 atom stereocenters. The summed E-state index contributed by atoms with van der Waals surface area (Å²) in [6, 6.07) is 5.65. The van der Waals surface area contributed by atoms with E-state index in [1.54, 1.807) is 0 Å². The Morgan fingerprint density at radius 1 is 1.14 bits per heavy atom. The monoisotopic (exact) mass is 430 g/mol. The fraction of sp³-hybridized carbons (Fsp3) is 0.450. The number of allylic oxidation sites excluding steroid dienone is 4. The molecule has 4 nitrogen and oxygen atoms in total. The van der Waals surface area contributed by atoms with Crippen LogP contribution in [0.5, 0.6) is 0 Å². The van der Waals surface area contributed by atoms with E-state index in [9.17, 15) is 22.0 Å². The Labute approximate surface area is 167 Å². The van der Waals surface area contributed by atoms with Crippen LogP contribution in [0.4, 0.5) is 8.78 Å². The Morgan fingerprint density at radius 2 is 1.75 bits per heavy atom. The van der Waals surface area contributed by atoms with Crippen LogP contribution in [0.1, 0.15) is 38.5 Å². The minimum Gasteiger partial charge on any atom is -0.481 e. The lowest BCUT2D eigenvalue weighted by Crippen LogP contribution is -2.49. The van der Waals surface area contributed by atoms with Gasteiger partial charge in [0, 0.05) is 23.8 Å². The second-order valence-corrected chi connectivity index (χ2v) is 10.2. The van der Waals surface area contributed by atoms with Gasteiger partial charge in [-0.05, 0) is 68.0 Å². The number of benzene rings is 1. The van der Waals surface area contributed by atoms with E-state index >= 15 is 0 Å². The van der Waals surface area contributed by atoms with Crippen LogP contribution in [0, 0.1) is 11.8 Å². The number of hydrogen-bond donors (Lipinski definition) is 1. The van der Waals surface area contributed by atoms with Crippen molar-refractivity contribution in [2.24, 2.45) is 11.8 Å². The van der Waals surface area contributed by atoms with Gasteiger partial charge in [0.2, 0.25) is 0 Å². The maximum atomic E-state index is 14.7. The summed E-state index contributed by atoms with van der Waals surface area (Å²) in [7, 11) is -4.03. The van der Waals surface area contributed by atoms with E-state index in [-0.39, 0.29) is 36.5 Å². The van der Waals surface area contributed by atoms with Gasteiger partial charge in [0.25, 0.3) is 0 Å². The van der Waals surface area contributed by atoms with Gasteiger partial charge >= 0.3 is 5.97 Å². The molecular weight excluding hydrogens is 410 g/mol. The van der Waals surface area contributed by atoms with Crippen molar-refractivity contribution in [3.63, 3.8) is 0 Å². The first-order valence-electron chi connectivity index (χ1n) is 9.09. The summed E-state index contributed by atoms with van der Waals surface area (Å²) in [5, 5.41) is 9.40. The van der Waals surface area contributed by atoms with Gasteiger partial charge in [0.1, 0.15) is 11.7 Å². The molecule has 1 N–H and O–H groups in total. The molecule has 0 spiro atoms. The minimum atomic E-state index is -4.03. The highest BCUT2D eigenvalue weighted by atomic mass is 35.5. The largest absolute Gasteiger partial charge is 0.481 e. The fourth-order valence-corrected chi connectivity index (χ4v) is 6.79. The molecule has 1 aromatic rings. The third kappa shape index (κ3) is 3.87. The van der Waals surface area contributed by atoms with Crippen LogP contribution >= 0.6 is 11.6 Å². The lowest BCUT2D eigenvalue weighted by atomic mass is 9.72. The number of carboxylic acid groups (broad SMARTS) is 1. The van der Waals surface area contributed by atoms with E-state index in [1.165, 1.54) is 24.3 Å². The van der Waals surface area contributed by atoms with E-state index < -0.39 is 38.1 Å². The topological polar surface area (TPSA) is 71.4 Å². The quantitative estimate of drug-likeness (QED) is 0.693. The third-order valence-electron chi connectivity index (χ3n) is 5.86. The van der Waals surface area contributed by atoms with Crippen molar-refractivity contribution < 1.29 is 27.1 Å². The van der Waals surface area contributed by atoms with Gasteiger partial charge in [-0.3, -0.25) is 4.79 Å². The number of aliphatic carboxylic acids is 1. The van der Waals surface area contributed by atoms with Gasteiger partial charge in [0.05, 0.1) is 9.64 Å². The van der Waals surface area contributed by atoms with E-state index in [1.807, 2.05) is 0 Å². The Bertz CT molecular complexity index is 914. The molecule has 152 valence electrons. The molecule has 0 saturated heterocycles. The molecular formula is C20H21ClF2O4S. The van der Waals surface area contributed by atoms with Crippen LogP contribution in [0.25, 0.3) is 0 Å². The molecule has 1 saturated carbocycles. The molecule has 2 aliphatic rings. The molecule has 3 rings (SSSR count).